The highest BCUT2D eigenvalue weighted by Crippen LogP contribution is 2.29. The molecule has 0 bridgehead atoms. The summed E-state index contributed by atoms with van der Waals surface area (Å²) in [6.07, 6.45) is 1.81. The summed E-state index contributed by atoms with van der Waals surface area (Å²) in [6.45, 7) is 9.29. The van der Waals surface area contributed by atoms with Crippen molar-refractivity contribution in [3.05, 3.63) is 359 Å². The normalized spacial score (nSPS) is 12.0. The summed E-state index contributed by atoms with van der Waals surface area (Å²) >= 11 is 0. The smallest absolute Gasteiger partial charge is 0.242 e. The van der Waals surface area contributed by atoms with E-state index in [1.54, 1.807) is 0 Å². The lowest BCUT2D eigenvalue weighted by Gasteiger charge is -2.36. The van der Waals surface area contributed by atoms with Gasteiger partial charge in [0.15, 0.2) is 0 Å². The minimum absolute atomic E-state index is 0.482. The van der Waals surface area contributed by atoms with Gasteiger partial charge in [-0.3, -0.25) is 16.4 Å². The molecule has 0 saturated carbocycles. The predicted molar refractivity (Wildman–Crippen MR) is 328 cm³/mol. The van der Waals surface area contributed by atoms with E-state index in [4.69, 9.17) is 20.2 Å². The van der Waals surface area contributed by atoms with Crippen molar-refractivity contribution in [3.63, 3.8) is 0 Å². The van der Waals surface area contributed by atoms with Crippen molar-refractivity contribution in [3.8, 4) is 0 Å². The van der Waals surface area contributed by atoms with Gasteiger partial charge >= 0.3 is 0 Å². The second-order valence-electron chi connectivity index (χ2n) is 20.6. The number of nitrogens with one attached hydrogen (secondary N) is 3. The fourth-order valence-electron chi connectivity index (χ4n) is 10.6. The molecule has 0 aliphatic rings. The minimum atomic E-state index is -2.95. The van der Waals surface area contributed by atoms with Crippen molar-refractivity contribution in [1.82, 2.24) is 16.4 Å². The molecular formula is C69H71N3O3Si3. The summed E-state index contributed by atoms with van der Waals surface area (Å²) in [5, 5.41) is 0. The molecule has 0 spiro atoms. The molecule has 0 amide bonds. The van der Waals surface area contributed by atoms with Gasteiger partial charge in [0.25, 0.3) is 0 Å². The molecule has 392 valence electrons. The van der Waals surface area contributed by atoms with Crippen molar-refractivity contribution >= 4 is 25.0 Å². The van der Waals surface area contributed by atoms with Crippen LogP contribution in [0.3, 0.4) is 0 Å². The molecule has 0 unspecified atom stereocenters. The van der Waals surface area contributed by atoms with Crippen LogP contribution >= 0.6 is 0 Å². The lowest BCUT2D eigenvalue weighted by molar-refractivity contribution is 0.173. The third-order valence-electron chi connectivity index (χ3n) is 14.2. The van der Waals surface area contributed by atoms with Gasteiger partial charge < -0.3 is 13.6 Å². The number of hydrogen-bond donors (Lipinski definition) is 3. The summed E-state index contributed by atoms with van der Waals surface area (Å²) < 4.78 is 22.6. The van der Waals surface area contributed by atoms with Gasteiger partial charge in [-0.05, 0) is 111 Å². The van der Waals surface area contributed by atoms with Crippen molar-refractivity contribution in [2.24, 2.45) is 0 Å². The fourth-order valence-corrected chi connectivity index (χ4v) is 22.2. The van der Waals surface area contributed by atoms with Crippen LogP contribution in [0.2, 0.25) is 0 Å². The van der Waals surface area contributed by atoms with Gasteiger partial charge in [-0.2, -0.15) is 0 Å². The largest absolute Gasteiger partial charge is 0.321 e. The molecule has 0 heterocycles. The van der Waals surface area contributed by atoms with E-state index in [1.807, 2.05) is 6.08 Å². The first-order valence-electron chi connectivity index (χ1n) is 27.1. The summed E-state index contributed by atoms with van der Waals surface area (Å²) in [6, 6.07) is 103. The third kappa shape index (κ3) is 16.3. The van der Waals surface area contributed by atoms with E-state index in [1.165, 1.54) is 50.1 Å². The van der Waals surface area contributed by atoms with Crippen LogP contribution in [0.4, 0.5) is 0 Å². The lowest BCUT2D eigenvalue weighted by atomic mass is 10.2. The molecule has 9 aromatic rings. The van der Waals surface area contributed by atoms with Gasteiger partial charge in [0.05, 0.1) is 11.4 Å². The highest BCUT2D eigenvalue weighted by Gasteiger charge is 2.41. The van der Waals surface area contributed by atoms with Crippen LogP contribution in [0.1, 0.15) is 50.1 Å². The van der Waals surface area contributed by atoms with Gasteiger partial charge in [0.2, 0.25) is 25.0 Å². The van der Waals surface area contributed by atoms with Crippen LogP contribution < -0.4 is 16.4 Å². The van der Waals surface area contributed by atoms with Crippen molar-refractivity contribution in [1.29, 1.82) is 0 Å². The number of rotatable bonds is 29. The molecular weight excluding hydrogens is 1000 g/mol. The van der Waals surface area contributed by atoms with Gasteiger partial charge in [-0.15, -0.1) is 0 Å². The average molecular weight is 1070 g/mol. The van der Waals surface area contributed by atoms with Crippen LogP contribution in [-0.2, 0) is 68.0 Å². The quantitative estimate of drug-likeness (QED) is 0.0247. The molecule has 0 fully saturated rings. The molecule has 9 aromatic carbocycles. The topological polar surface area (TPSA) is 63.8 Å². The number of hydrogen-bond acceptors (Lipinski definition) is 6. The zero-order valence-electron chi connectivity index (χ0n) is 44.6. The maximum absolute atomic E-state index is 7.60. The van der Waals surface area contributed by atoms with Crippen LogP contribution in [-0.4, -0.2) is 25.0 Å². The molecule has 0 aliphatic heterocycles. The van der Waals surface area contributed by atoms with E-state index >= 15 is 0 Å². The zero-order chi connectivity index (χ0) is 53.6. The molecule has 9 heteroatoms. The van der Waals surface area contributed by atoms with Gasteiger partial charge in [0.1, 0.15) is 5.70 Å². The second kappa shape index (κ2) is 28.0. The summed E-state index contributed by atoms with van der Waals surface area (Å²) in [7, 11) is -8.73. The van der Waals surface area contributed by atoms with E-state index in [0.29, 0.717) is 17.1 Å². The molecule has 0 radical (unpaired) electrons. The Hall–Kier alpha value is -7.87. The zero-order valence-corrected chi connectivity index (χ0v) is 47.6. The van der Waals surface area contributed by atoms with E-state index < -0.39 is 25.0 Å². The Morgan fingerprint density at radius 2 is 0.462 bits per heavy atom. The highest BCUT2D eigenvalue weighted by molar-refractivity contribution is 6.73. The third-order valence-corrected chi connectivity index (χ3v) is 25.3. The van der Waals surface area contributed by atoms with Gasteiger partial charge in [-0.1, -0.05) is 286 Å². The highest BCUT2D eigenvalue weighted by atomic mass is 28.4. The molecule has 0 atom stereocenters. The number of hydroxylamine groups is 3. The predicted octanol–water partition coefficient (Wildman–Crippen LogP) is 14.3. The van der Waals surface area contributed by atoms with Gasteiger partial charge in [-0.25, -0.2) is 0 Å². The Morgan fingerprint density at radius 3 is 0.654 bits per heavy atom. The molecule has 3 N–H and O–H groups in total. The molecule has 9 rings (SSSR count). The fraction of sp³-hybridized carbons (Fsp3) is 0.130. The molecule has 78 heavy (non-hydrogen) atoms. The molecule has 0 aromatic heterocycles. The van der Waals surface area contributed by atoms with E-state index in [9.17, 15) is 0 Å². The number of allylic oxidation sites excluding steroid dienone is 1. The van der Waals surface area contributed by atoms with E-state index in [2.05, 4.69) is 296 Å². The Morgan fingerprint density at radius 1 is 0.282 bits per heavy atom. The standard InChI is InChI=1S/C69H71N3O3Si3/c1-3-68(71-74-77(52-62-37-19-7-20-38-62,53-63-39-21-8-22-40-63)54-64-41-23-9-24-42-64)69(72-75-78(55-65-43-25-10-26-44-65,56-66-45-27-11-28-46-66)57-67-47-29-12-30-48-67)58(2)70-73-76(49-59-31-13-4-14-32-59,50-60-33-15-5-16-34-60)51-61-35-17-6-18-36-61/h3-48,70-72H,1-2,49-57H2. The Balaban J connectivity index is 1.15. The number of benzene rings is 9. The second-order valence-corrected chi connectivity index (χ2v) is 31.5. The summed E-state index contributed by atoms with van der Waals surface area (Å²) in [5.41, 5.74) is 23.4. The minimum Gasteiger partial charge on any atom is -0.321 e. The van der Waals surface area contributed by atoms with Crippen LogP contribution in [0.15, 0.2) is 309 Å². The lowest BCUT2D eigenvalue weighted by Crippen LogP contribution is -2.53. The van der Waals surface area contributed by atoms with Crippen LogP contribution in [0, 0.1) is 0 Å². The Labute approximate surface area is 466 Å². The maximum atomic E-state index is 7.60. The maximum Gasteiger partial charge on any atom is 0.242 e. The van der Waals surface area contributed by atoms with E-state index in [0.717, 1.165) is 54.4 Å². The monoisotopic (exact) mass is 1070 g/mol. The van der Waals surface area contributed by atoms with Crippen molar-refractivity contribution in [2.45, 2.75) is 54.4 Å². The average Bonchev–Trinajstić information content (AvgIpc) is 3.50. The summed E-state index contributed by atoms with van der Waals surface area (Å²) in [4.78, 5) is 0. The van der Waals surface area contributed by atoms with Crippen molar-refractivity contribution in [2.75, 3.05) is 0 Å². The first-order valence-corrected chi connectivity index (χ1v) is 34.7. The first kappa shape index (κ1) is 54.9. The van der Waals surface area contributed by atoms with E-state index in [-0.39, 0.29) is 0 Å². The summed E-state index contributed by atoms with van der Waals surface area (Å²) in [5.74, 6) is 0. The van der Waals surface area contributed by atoms with Crippen molar-refractivity contribution < 1.29 is 13.6 Å². The molecule has 0 saturated heterocycles. The SMILES string of the molecule is C=CC(NO[Si](Cc1ccccc1)(Cc1ccccc1)Cc1ccccc1)=C(NO[Si](Cc1ccccc1)(Cc1ccccc1)Cc1ccccc1)C(=C)NO[Si](Cc1ccccc1)(Cc1ccccc1)Cc1ccccc1. The van der Waals surface area contributed by atoms with Crippen LogP contribution in [0.5, 0.6) is 0 Å². The Kier molecular flexibility index (Phi) is 19.7. The molecule has 0 aliphatic carbocycles. The Bertz CT molecular complexity index is 2930. The van der Waals surface area contributed by atoms with Gasteiger partial charge in [0, 0.05) is 0 Å². The molecule has 6 nitrogen and oxygen atoms in total. The van der Waals surface area contributed by atoms with Crippen LogP contribution in [0.25, 0.3) is 0 Å². The first-order chi connectivity index (χ1) is 38.3.